The maximum Gasteiger partial charge on any atom is 0.255 e. The van der Waals surface area contributed by atoms with Crippen LogP contribution in [-0.2, 0) is 0 Å². The molecule has 1 aromatic carbocycles. The van der Waals surface area contributed by atoms with E-state index < -0.39 is 0 Å². The molecule has 1 amide bonds. The van der Waals surface area contributed by atoms with E-state index >= 15 is 0 Å². The van der Waals surface area contributed by atoms with Crippen molar-refractivity contribution in [1.82, 2.24) is 4.90 Å². The van der Waals surface area contributed by atoms with Crippen LogP contribution < -0.4 is 11.1 Å². The lowest BCUT2D eigenvalue weighted by molar-refractivity contribution is 0.0828. The van der Waals surface area contributed by atoms with Crippen LogP contribution in [0.4, 0.5) is 11.4 Å². The largest absolute Gasteiger partial charge is 0.399 e. The molecule has 0 aliphatic carbocycles. The molecule has 0 saturated heterocycles. The van der Waals surface area contributed by atoms with Crippen LogP contribution in [0.3, 0.4) is 0 Å². The van der Waals surface area contributed by atoms with Gasteiger partial charge >= 0.3 is 0 Å². The summed E-state index contributed by atoms with van der Waals surface area (Å²) in [6.07, 6.45) is 1.73. The maximum atomic E-state index is 12.1. The fraction of sp³-hybridized carbons (Fsp3) is 0.533. The van der Waals surface area contributed by atoms with E-state index in [1.165, 1.54) is 0 Å². The second kappa shape index (κ2) is 7.75. The zero-order valence-corrected chi connectivity index (χ0v) is 12.5. The van der Waals surface area contributed by atoms with E-state index in [0.29, 0.717) is 23.7 Å². The highest BCUT2D eigenvalue weighted by atomic mass is 16.3. The predicted molar refractivity (Wildman–Crippen MR) is 82.8 cm³/mol. The van der Waals surface area contributed by atoms with Gasteiger partial charge in [-0.2, -0.15) is 0 Å². The van der Waals surface area contributed by atoms with Crippen LogP contribution in [0.5, 0.6) is 0 Å². The smallest absolute Gasteiger partial charge is 0.255 e. The quantitative estimate of drug-likeness (QED) is 0.665. The number of nitrogens with two attached hydrogens (primary N) is 1. The van der Waals surface area contributed by atoms with Crippen molar-refractivity contribution < 1.29 is 9.90 Å². The van der Waals surface area contributed by atoms with Gasteiger partial charge in [-0.05, 0) is 30.5 Å². The Labute approximate surface area is 120 Å². The highest BCUT2D eigenvalue weighted by Gasteiger charge is 2.14. The molecule has 0 saturated carbocycles. The van der Waals surface area contributed by atoms with Crippen molar-refractivity contribution in [2.75, 3.05) is 38.3 Å². The number of carbonyl (C=O) groups is 1. The van der Waals surface area contributed by atoms with Crippen molar-refractivity contribution in [2.24, 2.45) is 5.92 Å². The second-order valence-corrected chi connectivity index (χ2v) is 5.17. The number of amides is 1. The number of hydrogen-bond acceptors (Lipinski definition) is 4. The number of aliphatic hydroxyl groups is 1. The highest BCUT2D eigenvalue weighted by Crippen LogP contribution is 2.21. The van der Waals surface area contributed by atoms with Crippen molar-refractivity contribution in [2.45, 2.75) is 19.8 Å². The molecule has 112 valence electrons. The number of carbonyl (C=O) groups excluding carboxylic acids is 1. The molecular formula is C15H25N3O2. The van der Waals surface area contributed by atoms with Gasteiger partial charge in [-0.3, -0.25) is 4.79 Å². The third kappa shape index (κ3) is 4.42. The number of hydrogen-bond donors (Lipinski definition) is 3. The SMILES string of the molecule is CCC(CCO)CNc1cc(N)ccc1C(=O)N(C)C. The standard InChI is InChI=1S/C15H25N3O2/c1-4-11(7-8-19)10-17-14-9-12(16)5-6-13(14)15(20)18(2)3/h5-6,9,11,17,19H,4,7-8,10,16H2,1-3H3. The van der Waals surface area contributed by atoms with Gasteiger partial charge < -0.3 is 21.1 Å². The van der Waals surface area contributed by atoms with Crippen LogP contribution in [0.1, 0.15) is 30.1 Å². The Balaban J connectivity index is 2.87. The summed E-state index contributed by atoms with van der Waals surface area (Å²) in [4.78, 5) is 13.7. The van der Waals surface area contributed by atoms with Gasteiger partial charge in [0.15, 0.2) is 0 Å². The molecule has 5 nitrogen and oxygen atoms in total. The van der Waals surface area contributed by atoms with Gasteiger partial charge in [-0.15, -0.1) is 0 Å². The molecule has 4 N–H and O–H groups in total. The number of nitrogens with one attached hydrogen (secondary N) is 1. The Morgan fingerprint density at radius 3 is 2.70 bits per heavy atom. The fourth-order valence-electron chi connectivity index (χ4n) is 2.02. The van der Waals surface area contributed by atoms with Crippen molar-refractivity contribution in [3.63, 3.8) is 0 Å². The molecule has 0 fully saturated rings. The lowest BCUT2D eigenvalue weighted by atomic mass is 10.0. The molecule has 0 spiro atoms. The van der Waals surface area contributed by atoms with Gasteiger partial charge in [0.1, 0.15) is 0 Å². The number of nitrogen functional groups attached to an aromatic ring is 1. The molecule has 0 aromatic heterocycles. The molecule has 0 radical (unpaired) electrons. The fourth-order valence-corrected chi connectivity index (χ4v) is 2.02. The van der Waals surface area contributed by atoms with Crippen LogP contribution in [0.15, 0.2) is 18.2 Å². The summed E-state index contributed by atoms with van der Waals surface area (Å²) >= 11 is 0. The molecule has 1 atom stereocenters. The van der Waals surface area contributed by atoms with Crippen molar-refractivity contribution >= 4 is 17.3 Å². The van der Waals surface area contributed by atoms with Gasteiger partial charge in [-0.1, -0.05) is 13.3 Å². The summed E-state index contributed by atoms with van der Waals surface area (Å²) in [5, 5.41) is 12.3. The predicted octanol–water partition coefficient (Wildman–Crippen LogP) is 1.79. The zero-order valence-electron chi connectivity index (χ0n) is 12.5. The minimum Gasteiger partial charge on any atom is -0.399 e. The van der Waals surface area contributed by atoms with Crippen LogP contribution in [0.2, 0.25) is 0 Å². The first kappa shape index (κ1) is 16.3. The normalized spacial score (nSPS) is 12.0. The lowest BCUT2D eigenvalue weighted by Gasteiger charge is -2.19. The second-order valence-electron chi connectivity index (χ2n) is 5.17. The Hall–Kier alpha value is -1.75. The van der Waals surface area contributed by atoms with E-state index in [4.69, 9.17) is 10.8 Å². The number of rotatable bonds is 7. The molecule has 0 aliphatic heterocycles. The van der Waals surface area contributed by atoms with E-state index in [2.05, 4.69) is 12.2 Å². The maximum absolute atomic E-state index is 12.1. The summed E-state index contributed by atoms with van der Waals surface area (Å²) in [6.45, 7) is 2.99. The monoisotopic (exact) mass is 279 g/mol. The molecule has 0 aliphatic rings. The Kier molecular flexibility index (Phi) is 6.31. The molecule has 1 unspecified atom stereocenters. The van der Waals surface area contributed by atoms with Crippen molar-refractivity contribution in [3.05, 3.63) is 23.8 Å². The van der Waals surface area contributed by atoms with Crippen molar-refractivity contribution in [1.29, 1.82) is 0 Å². The minimum atomic E-state index is -0.0530. The van der Waals surface area contributed by atoms with Gasteiger partial charge in [0, 0.05) is 38.6 Å². The average molecular weight is 279 g/mol. The topological polar surface area (TPSA) is 78.6 Å². The lowest BCUT2D eigenvalue weighted by Crippen LogP contribution is -2.24. The first-order valence-corrected chi connectivity index (χ1v) is 6.95. The van der Waals surface area contributed by atoms with Gasteiger partial charge in [0.2, 0.25) is 0 Å². The van der Waals surface area contributed by atoms with E-state index in [-0.39, 0.29) is 12.5 Å². The summed E-state index contributed by atoms with van der Waals surface area (Å²) in [6, 6.07) is 5.25. The molecule has 0 heterocycles. The van der Waals surface area contributed by atoms with Crippen LogP contribution in [0, 0.1) is 5.92 Å². The molecule has 5 heteroatoms. The van der Waals surface area contributed by atoms with E-state index in [9.17, 15) is 4.79 Å². The number of benzene rings is 1. The van der Waals surface area contributed by atoms with Crippen LogP contribution >= 0.6 is 0 Å². The average Bonchev–Trinajstić information content (AvgIpc) is 2.42. The Morgan fingerprint density at radius 2 is 2.15 bits per heavy atom. The van der Waals surface area contributed by atoms with E-state index in [1.807, 2.05) is 0 Å². The number of nitrogens with zero attached hydrogens (tertiary/aromatic N) is 1. The van der Waals surface area contributed by atoms with Gasteiger partial charge in [-0.25, -0.2) is 0 Å². The number of anilines is 2. The third-order valence-electron chi connectivity index (χ3n) is 3.38. The first-order valence-electron chi connectivity index (χ1n) is 6.95. The van der Waals surface area contributed by atoms with Crippen LogP contribution in [-0.4, -0.2) is 43.2 Å². The van der Waals surface area contributed by atoms with E-state index in [1.54, 1.807) is 37.2 Å². The summed E-state index contributed by atoms with van der Waals surface area (Å²) in [5.41, 5.74) is 7.78. The first-order chi connectivity index (χ1) is 9.49. The molecule has 20 heavy (non-hydrogen) atoms. The highest BCUT2D eigenvalue weighted by molar-refractivity contribution is 5.99. The van der Waals surface area contributed by atoms with Gasteiger partial charge in [0.25, 0.3) is 5.91 Å². The zero-order chi connectivity index (χ0) is 15.1. The number of aliphatic hydroxyl groups excluding tert-OH is 1. The summed E-state index contributed by atoms with van der Waals surface area (Å²) in [5.74, 6) is 0.325. The molecular weight excluding hydrogens is 254 g/mol. The third-order valence-corrected chi connectivity index (χ3v) is 3.38. The summed E-state index contributed by atoms with van der Waals surface area (Å²) in [7, 11) is 3.45. The summed E-state index contributed by atoms with van der Waals surface area (Å²) < 4.78 is 0. The van der Waals surface area contributed by atoms with Crippen molar-refractivity contribution in [3.8, 4) is 0 Å². The van der Waals surface area contributed by atoms with E-state index in [0.717, 1.165) is 18.5 Å². The van der Waals surface area contributed by atoms with Crippen LogP contribution in [0.25, 0.3) is 0 Å². The van der Waals surface area contributed by atoms with Gasteiger partial charge in [0.05, 0.1) is 5.56 Å². The molecule has 1 aromatic rings. The Bertz CT molecular complexity index is 447. The molecule has 1 rings (SSSR count). The molecule has 0 bridgehead atoms. The Morgan fingerprint density at radius 1 is 1.45 bits per heavy atom. The minimum absolute atomic E-state index is 0.0530.